The van der Waals surface area contributed by atoms with Crippen molar-refractivity contribution < 1.29 is 9.59 Å². The Morgan fingerprint density at radius 1 is 0.963 bits per heavy atom. The van der Waals surface area contributed by atoms with Gasteiger partial charge in [0.25, 0.3) is 0 Å². The van der Waals surface area contributed by atoms with Crippen LogP contribution >= 0.6 is 0 Å². The van der Waals surface area contributed by atoms with Crippen LogP contribution in [0.1, 0.15) is 31.2 Å². The van der Waals surface area contributed by atoms with Crippen LogP contribution in [0.2, 0.25) is 0 Å². The summed E-state index contributed by atoms with van der Waals surface area (Å²) in [7, 11) is 0. The standard InChI is InChI=1S/C23H26N2O2/c26-22(25-15-20-7-4-8-21(16-25)24-23(20)27)14-11-17-9-12-19(13-10-17)18-5-2-1-3-6-18/h1-3,5-6,9-10,12-13,20-21H,4,7-8,11,14-16H2,(H,24,27)/t20-,21+/m0/s1. The molecule has 2 aromatic rings. The molecule has 0 radical (unpaired) electrons. The molecule has 2 aliphatic rings. The molecular weight excluding hydrogens is 336 g/mol. The van der Waals surface area contributed by atoms with E-state index in [0.29, 0.717) is 19.5 Å². The molecule has 0 aromatic heterocycles. The third-order valence-corrected chi connectivity index (χ3v) is 5.75. The van der Waals surface area contributed by atoms with E-state index >= 15 is 0 Å². The highest BCUT2D eigenvalue weighted by atomic mass is 16.2. The van der Waals surface area contributed by atoms with Gasteiger partial charge in [0.1, 0.15) is 0 Å². The van der Waals surface area contributed by atoms with Crippen molar-refractivity contribution in [3.05, 3.63) is 60.2 Å². The van der Waals surface area contributed by atoms with Gasteiger partial charge in [-0.05, 0) is 36.0 Å². The lowest BCUT2D eigenvalue weighted by Crippen LogP contribution is -2.41. The lowest BCUT2D eigenvalue weighted by Gasteiger charge is -2.27. The quantitative estimate of drug-likeness (QED) is 0.906. The molecule has 140 valence electrons. The number of rotatable bonds is 4. The van der Waals surface area contributed by atoms with Gasteiger partial charge in [0.05, 0.1) is 5.92 Å². The van der Waals surface area contributed by atoms with Gasteiger partial charge in [-0.3, -0.25) is 9.59 Å². The van der Waals surface area contributed by atoms with Gasteiger partial charge >= 0.3 is 0 Å². The molecule has 2 heterocycles. The number of fused-ring (bicyclic) bond motifs is 3. The molecule has 0 saturated carbocycles. The maximum absolute atomic E-state index is 12.7. The minimum atomic E-state index is -0.0356. The van der Waals surface area contributed by atoms with Gasteiger partial charge < -0.3 is 10.2 Å². The average molecular weight is 362 g/mol. The molecule has 2 saturated heterocycles. The predicted octanol–water partition coefficient (Wildman–Crippen LogP) is 3.41. The highest BCUT2D eigenvalue weighted by Crippen LogP contribution is 2.23. The first-order valence-corrected chi connectivity index (χ1v) is 9.91. The molecule has 4 nitrogen and oxygen atoms in total. The average Bonchev–Trinajstić information content (AvgIpc) is 2.96. The number of carbonyl (C=O) groups excluding carboxylic acids is 2. The van der Waals surface area contributed by atoms with Crippen molar-refractivity contribution in [2.75, 3.05) is 13.1 Å². The number of hydrogen-bond donors (Lipinski definition) is 1. The zero-order valence-corrected chi connectivity index (χ0v) is 15.6. The van der Waals surface area contributed by atoms with Crippen LogP contribution in [0.25, 0.3) is 11.1 Å². The maximum atomic E-state index is 12.7. The summed E-state index contributed by atoms with van der Waals surface area (Å²) in [4.78, 5) is 26.8. The number of carbonyl (C=O) groups is 2. The highest BCUT2D eigenvalue weighted by molar-refractivity contribution is 5.82. The fourth-order valence-electron chi connectivity index (χ4n) is 4.16. The second-order valence-corrected chi connectivity index (χ2v) is 7.70. The van der Waals surface area contributed by atoms with Gasteiger partial charge in [-0.2, -0.15) is 0 Å². The zero-order valence-electron chi connectivity index (χ0n) is 15.6. The Morgan fingerprint density at radius 3 is 2.48 bits per heavy atom. The SMILES string of the molecule is O=C1N[C@@H]2CCC[C@H]1CN(C(=O)CCc1ccc(-c3ccccc3)cc1)C2. The topological polar surface area (TPSA) is 49.4 Å². The molecular formula is C23H26N2O2. The number of amides is 2. The molecule has 1 N–H and O–H groups in total. The van der Waals surface area contributed by atoms with Gasteiger partial charge in [-0.15, -0.1) is 0 Å². The molecule has 2 amide bonds. The van der Waals surface area contributed by atoms with Gasteiger partial charge in [0.15, 0.2) is 0 Å². The molecule has 2 fully saturated rings. The normalized spacial score (nSPS) is 22.1. The molecule has 0 aliphatic carbocycles. The molecule has 2 atom stereocenters. The molecule has 0 unspecified atom stereocenters. The van der Waals surface area contributed by atoms with E-state index in [-0.39, 0.29) is 23.8 Å². The van der Waals surface area contributed by atoms with Gasteiger partial charge in [-0.1, -0.05) is 61.0 Å². The van der Waals surface area contributed by atoms with E-state index < -0.39 is 0 Å². The minimum Gasteiger partial charge on any atom is -0.351 e. The van der Waals surface area contributed by atoms with Crippen molar-refractivity contribution in [2.24, 2.45) is 5.92 Å². The van der Waals surface area contributed by atoms with Gasteiger partial charge in [0, 0.05) is 25.6 Å². The Balaban J connectivity index is 1.36. The van der Waals surface area contributed by atoms with E-state index in [9.17, 15) is 9.59 Å². The number of nitrogens with zero attached hydrogens (tertiary/aromatic N) is 1. The third kappa shape index (κ3) is 4.21. The van der Waals surface area contributed by atoms with Crippen molar-refractivity contribution in [1.82, 2.24) is 10.2 Å². The van der Waals surface area contributed by atoms with Crippen molar-refractivity contribution in [3.63, 3.8) is 0 Å². The highest BCUT2D eigenvalue weighted by Gasteiger charge is 2.34. The zero-order chi connectivity index (χ0) is 18.6. The number of likely N-dealkylation sites (tertiary alicyclic amines) is 1. The lowest BCUT2D eigenvalue weighted by molar-refractivity contribution is -0.132. The van der Waals surface area contributed by atoms with Crippen LogP contribution in [0.5, 0.6) is 0 Å². The Kier molecular flexibility index (Phi) is 5.23. The van der Waals surface area contributed by atoms with E-state index in [2.05, 4.69) is 41.7 Å². The van der Waals surface area contributed by atoms with Crippen molar-refractivity contribution >= 4 is 11.8 Å². The van der Waals surface area contributed by atoms with Crippen molar-refractivity contribution in [3.8, 4) is 11.1 Å². The van der Waals surface area contributed by atoms with Crippen molar-refractivity contribution in [1.29, 1.82) is 0 Å². The van der Waals surface area contributed by atoms with Crippen LogP contribution in [-0.2, 0) is 16.0 Å². The van der Waals surface area contributed by atoms with Gasteiger partial charge in [-0.25, -0.2) is 0 Å². The molecule has 27 heavy (non-hydrogen) atoms. The minimum absolute atomic E-state index is 0.0356. The summed E-state index contributed by atoms with van der Waals surface area (Å²) >= 11 is 0. The van der Waals surface area contributed by atoms with Crippen LogP contribution in [0.4, 0.5) is 0 Å². The smallest absolute Gasteiger partial charge is 0.225 e. The first-order chi connectivity index (χ1) is 13.2. The van der Waals surface area contributed by atoms with Crippen LogP contribution in [0.15, 0.2) is 54.6 Å². The summed E-state index contributed by atoms with van der Waals surface area (Å²) in [5.74, 6) is 0.256. The molecule has 2 aliphatic heterocycles. The Morgan fingerprint density at radius 2 is 1.70 bits per heavy atom. The fourth-order valence-corrected chi connectivity index (χ4v) is 4.16. The Bertz CT molecular complexity index is 801. The number of hydrogen-bond acceptors (Lipinski definition) is 2. The summed E-state index contributed by atoms with van der Waals surface area (Å²) in [5, 5.41) is 3.09. The van der Waals surface area contributed by atoms with Crippen LogP contribution in [0.3, 0.4) is 0 Å². The molecule has 2 bridgehead atoms. The number of aryl methyl sites for hydroxylation is 1. The monoisotopic (exact) mass is 362 g/mol. The summed E-state index contributed by atoms with van der Waals surface area (Å²) in [5.41, 5.74) is 3.57. The first kappa shape index (κ1) is 17.8. The number of benzene rings is 2. The summed E-state index contributed by atoms with van der Waals surface area (Å²) in [6, 6.07) is 18.9. The van der Waals surface area contributed by atoms with Crippen molar-refractivity contribution in [2.45, 2.75) is 38.1 Å². The van der Waals surface area contributed by atoms with Crippen LogP contribution < -0.4 is 5.32 Å². The molecule has 0 spiro atoms. The third-order valence-electron chi connectivity index (χ3n) is 5.75. The molecule has 4 rings (SSSR count). The number of nitrogens with one attached hydrogen (secondary N) is 1. The Labute approximate surface area is 160 Å². The van der Waals surface area contributed by atoms with Crippen LogP contribution in [-0.4, -0.2) is 35.8 Å². The lowest BCUT2D eigenvalue weighted by atomic mass is 9.98. The fraction of sp³-hybridized carbons (Fsp3) is 0.391. The summed E-state index contributed by atoms with van der Waals surface area (Å²) in [6.45, 7) is 1.24. The van der Waals surface area contributed by atoms with E-state index in [1.807, 2.05) is 23.1 Å². The first-order valence-electron chi connectivity index (χ1n) is 9.91. The summed E-state index contributed by atoms with van der Waals surface area (Å²) in [6.07, 6.45) is 4.18. The maximum Gasteiger partial charge on any atom is 0.225 e. The van der Waals surface area contributed by atoms with Crippen LogP contribution in [0, 0.1) is 5.92 Å². The predicted molar refractivity (Wildman–Crippen MR) is 106 cm³/mol. The van der Waals surface area contributed by atoms with E-state index in [1.165, 1.54) is 16.7 Å². The second kappa shape index (κ2) is 7.95. The molecule has 4 heteroatoms. The largest absolute Gasteiger partial charge is 0.351 e. The van der Waals surface area contributed by atoms with E-state index in [4.69, 9.17) is 0 Å². The Hall–Kier alpha value is -2.62. The second-order valence-electron chi connectivity index (χ2n) is 7.70. The van der Waals surface area contributed by atoms with E-state index in [1.54, 1.807) is 0 Å². The summed E-state index contributed by atoms with van der Waals surface area (Å²) < 4.78 is 0. The van der Waals surface area contributed by atoms with Gasteiger partial charge in [0.2, 0.25) is 11.8 Å². The van der Waals surface area contributed by atoms with E-state index in [0.717, 1.165) is 25.7 Å². The molecule has 2 aromatic carbocycles.